The molecule has 142 valence electrons. The van der Waals surface area contributed by atoms with Crippen molar-refractivity contribution in [1.82, 2.24) is 9.97 Å². The topological polar surface area (TPSA) is 187 Å². The molecule has 2 heterocycles. The molecule has 8 N–H and O–H groups in total. The number of nitrogens with one attached hydrogen (secondary N) is 1. The van der Waals surface area contributed by atoms with Gasteiger partial charge in [-0.1, -0.05) is 12.1 Å². The summed E-state index contributed by atoms with van der Waals surface area (Å²) in [5.41, 5.74) is 13.3. The van der Waals surface area contributed by atoms with Crippen LogP contribution in [0.1, 0.15) is 5.56 Å². The van der Waals surface area contributed by atoms with Crippen molar-refractivity contribution >= 4 is 33.4 Å². The molecule has 0 radical (unpaired) electrons. The van der Waals surface area contributed by atoms with Crippen LogP contribution in [0.4, 0.5) is 23.1 Å². The summed E-state index contributed by atoms with van der Waals surface area (Å²) in [5.74, 6) is 6.71. The van der Waals surface area contributed by atoms with Gasteiger partial charge in [0, 0.05) is 0 Å². The molecule has 0 saturated heterocycles. The molecular weight excluding hydrogens is 374 g/mol. The van der Waals surface area contributed by atoms with Crippen LogP contribution >= 0.6 is 0 Å². The van der Waals surface area contributed by atoms with Gasteiger partial charge in [-0.05, 0) is 29.8 Å². The summed E-state index contributed by atoms with van der Waals surface area (Å²) in [7, 11) is -4.33. The van der Waals surface area contributed by atoms with Crippen molar-refractivity contribution in [3.63, 3.8) is 0 Å². The molecule has 0 amide bonds. The molecule has 2 aromatic heterocycles. The Morgan fingerprint density at radius 3 is 2.44 bits per heavy atom. The fourth-order valence-electron chi connectivity index (χ4n) is 2.39. The maximum Gasteiger partial charge on any atom is 0.357 e. The van der Waals surface area contributed by atoms with E-state index in [4.69, 9.17) is 26.3 Å². The SMILES string of the molecule is Nc1nc(-c2ccco2)c(N)c(N(N)Cc2ccc(NS(=O)(=O)O)cc2)n1. The molecule has 0 spiro atoms. The zero-order valence-electron chi connectivity index (χ0n) is 13.9. The Bertz CT molecular complexity index is 1040. The van der Waals surface area contributed by atoms with Gasteiger partial charge in [-0.15, -0.1) is 0 Å². The van der Waals surface area contributed by atoms with Crippen LogP contribution in [0.3, 0.4) is 0 Å². The predicted molar refractivity (Wildman–Crippen MR) is 101 cm³/mol. The quantitative estimate of drug-likeness (QED) is 0.230. The first-order valence-corrected chi connectivity index (χ1v) is 9.00. The van der Waals surface area contributed by atoms with Crippen LogP contribution in [0.15, 0.2) is 47.1 Å². The maximum atomic E-state index is 10.8. The van der Waals surface area contributed by atoms with Gasteiger partial charge in [0.1, 0.15) is 11.4 Å². The van der Waals surface area contributed by atoms with Gasteiger partial charge in [-0.25, -0.2) is 10.8 Å². The van der Waals surface area contributed by atoms with Crippen LogP contribution in [0, 0.1) is 0 Å². The number of nitrogen functional groups attached to an aromatic ring is 2. The molecule has 0 aliphatic heterocycles. The molecule has 11 nitrogen and oxygen atoms in total. The first kappa shape index (κ1) is 18.4. The zero-order chi connectivity index (χ0) is 19.6. The summed E-state index contributed by atoms with van der Waals surface area (Å²) in [6.45, 7) is 0.199. The summed E-state index contributed by atoms with van der Waals surface area (Å²) in [6.07, 6.45) is 1.48. The van der Waals surface area contributed by atoms with E-state index in [9.17, 15) is 8.42 Å². The number of hydrogen-bond donors (Lipinski definition) is 5. The third kappa shape index (κ3) is 4.44. The fourth-order valence-corrected chi connectivity index (χ4v) is 2.83. The van der Waals surface area contributed by atoms with E-state index in [0.717, 1.165) is 5.56 Å². The Hall–Kier alpha value is -3.35. The second kappa shape index (κ2) is 7.11. The monoisotopic (exact) mass is 391 g/mol. The fraction of sp³-hybridized carbons (Fsp3) is 0.0667. The Balaban J connectivity index is 1.83. The number of hydrazine groups is 1. The molecular formula is C15H17N7O4S. The summed E-state index contributed by atoms with van der Waals surface area (Å²) >= 11 is 0. The van der Waals surface area contributed by atoms with E-state index in [-0.39, 0.29) is 29.7 Å². The number of benzene rings is 1. The Morgan fingerprint density at radius 1 is 1.15 bits per heavy atom. The molecule has 0 bridgehead atoms. The minimum absolute atomic E-state index is 0.0197. The van der Waals surface area contributed by atoms with Crippen molar-refractivity contribution < 1.29 is 17.4 Å². The number of rotatable bonds is 6. The number of nitrogens with two attached hydrogens (primary N) is 3. The van der Waals surface area contributed by atoms with E-state index in [1.807, 2.05) is 4.72 Å². The van der Waals surface area contributed by atoms with Crippen LogP contribution in [0.5, 0.6) is 0 Å². The number of anilines is 4. The van der Waals surface area contributed by atoms with Crippen molar-refractivity contribution in [2.24, 2.45) is 5.84 Å². The third-order valence-electron chi connectivity index (χ3n) is 3.52. The summed E-state index contributed by atoms with van der Waals surface area (Å²) in [6, 6.07) is 9.58. The maximum absolute atomic E-state index is 10.8. The molecule has 0 atom stereocenters. The second-order valence-electron chi connectivity index (χ2n) is 5.55. The molecule has 3 rings (SSSR count). The van der Waals surface area contributed by atoms with Gasteiger partial charge in [-0.2, -0.15) is 13.4 Å². The second-order valence-corrected chi connectivity index (χ2v) is 6.70. The highest BCUT2D eigenvalue weighted by atomic mass is 32.2. The molecule has 27 heavy (non-hydrogen) atoms. The number of furan rings is 1. The van der Waals surface area contributed by atoms with E-state index in [0.29, 0.717) is 11.5 Å². The summed E-state index contributed by atoms with van der Waals surface area (Å²) in [4.78, 5) is 8.17. The van der Waals surface area contributed by atoms with E-state index in [1.165, 1.54) is 23.4 Å². The highest BCUT2D eigenvalue weighted by molar-refractivity contribution is 7.87. The lowest BCUT2D eigenvalue weighted by molar-refractivity contribution is 0.489. The van der Waals surface area contributed by atoms with Crippen LogP contribution in [-0.4, -0.2) is 22.9 Å². The summed E-state index contributed by atoms with van der Waals surface area (Å²) < 4.78 is 37.7. The number of hydrogen-bond acceptors (Lipinski definition) is 9. The molecule has 3 aromatic rings. The first-order chi connectivity index (χ1) is 12.7. The molecule has 0 saturated carbocycles. The first-order valence-electron chi connectivity index (χ1n) is 7.56. The van der Waals surface area contributed by atoms with Crippen LogP contribution in [-0.2, 0) is 16.8 Å². The van der Waals surface area contributed by atoms with Crippen molar-refractivity contribution in [3.05, 3.63) is 48.2 Å². The van der Waals surface area contributed by atoms with Gasteiger partial charge in [0.15, 0.2) is 11.6 Å². The van der Waals surface area contributed by atoms with Crippen LogP contribution < -0.4 is 27.0 Å². The van der Waals surface area contributed by atoms with E-state index in [1.54, 1.807) is 24.3 Å². The largest absolute Gasteiger partial charge is 0.463 e. The van der Waals surface area contributed by atoms with Crippen LogP contribution in [0.25, 0.3) is 11.5 Å². The normalized spacial score (nSPS) is 11.3. The van der Waals surface area contributed by atoms with Gasteiger partial charge >= 0.3 is 10.3 Å². The Morgan fingerprint density at radius 2 is 1.85 bits per heavy atom. The molecule has 0 unspecified atom stereocenters. The average molecular weight is 391 g/mol. The lowest BCUT2D eigenvalue weighted by Gasteiger charge is -2.20. The smallest absolute Gasteiger partial charge is 0.357 e. The third-order valence-corrected chi connectivity index (χ3v) is 4.02. The number of aromatic nitrogens is 2. The van der Waals surface area contributed by atoms with Crippen molar-refractivity contribution in [3.8, 4) is 11.5 Å². The minimum atomic E-state index is -4.33. The average Bonchev–Trinajstić information content (AvgIpc) is 3.11. The lowest BCUT2D eigenvalue weighted by atomic mass is 10.2. The van der Waals surface area contributed by atoms with E-state index >= 15 is 0 Å². The van der Waals surface area contributed by atoms with Gasteiger partial charge in [0.05, 0.1) is 18.5 Å². The van der Waals surface area contributed by atoms with Crippen molar-refractivity contribution in [2.75, 3.05) is 21.2 Å². The highest BCUT2D eigenvalue weighted by Crippen LogP contribution is 2.31. The molecule has 12 heteroatoms. The molecule has 0 aliphatic rings. The van der Waals surface area contributed by atoms with E-state index < -0.39 is 10.3 Å². The van der Waals surface area contributed by atoms with E-state index in [2.05, 4.69) is 9.97 Å². The Labute approximate surface area is 154 Å². The van der Waals surface area contributed by atoms with Gasteiger partial charge in [0.2, 0.25) is 5.95 Å². The lowest BCUT2D eigenvalue weighted by Crippen LogP contribution is -2.32. The van der Waals surface area contributed by atoms with Gasteiger partial charge in [0.25, 0.3) is 0 Å². The van der Waals surface area contributed by atoms with Crippen molar-refractivity contribution in [2.45, 2.75) is 6.54 Å². The highest BCUT2D eigenvalue weighted by Gasteiger charge is 2.18. The molecule has 1 aromatic carbocycles. The number of nitrogens with zero attached hydrogens (tertiary/aromatic N) is 3. The van der Waals surface area contributed by atoms with Crippen LogP contribution in [0.2, 0.25) is 0 Å². The molecule has 0 fully saturated rings. The summed E-state index contributed by atoms with van der Waals surface area (Å²) in [5, 5.41) is 1.28. The zero-order valence-corrected chi connectivity index (χ0v) is 14.7. The van der Waals surface area contributed by atoms with Crippen molar-refractivity contribution in [1.29, 1.82) is 0 Å². The van der Waals surface area contributed by atoms with Gasteiger partial charge < -0.3 is 15.9 Å². The predicted octanol–water partition coefficient (Wildman–Crippen LogP) is 0.996. The van der Waals surface area contributed by atoms with Gasteiger partial charge in [-0.3, -0.25) is 14.3 Å². The molecule has 0 aliphatic carbocycles. The minimum Gasteiger partial charge on any atom is -0.463 e. The Kier molecular flexibility index (Phi) is 4.85. The standard InChI is InChI=1S/C15H17N7O4S/c16-12-13(11-2-1-7-26-11)19-15(17)20-14(12)22(18)8-9-3-5-10(6-4-9)21-27(23,24)25/h1-7,21H,8,16,18H2,(H2,17,19,20)(H,23,24,25).